The monoisotopic (exact) mass is 430 g/mol. The summed E-state index contributed by atoms with van der Waals surface area (Å²) in [4.78, 5) is 35.8. The van der Waals surface area contributed by atoms with Crippen molar-refractivity contribution in [1.82, 2.24) is 0 Å². The molecule has 0 bridgehead atoms. The first-order valence-electron chi connectivity index (χ1n) is 8.12. The number of carbonyl (C=O) groups is 3. The molecule has 0 heterocycles. The predicted octanol–water partition coefficient (Wildman–Crippen LogP) is -1.44. The fraction of sp³-hybridized carbons (Fsp3) is 0.588. The third-order valence-electron chi connectivity index (χ3n) is 3.55. The van der Waals surface area contributed by atoms with Crippen LogP contribution < -0.4 is 29.6 Å². The molecule has 156 valence electrons. The molecule has 0 aliphatic carbocycles. The summed E-state index contributed by atoms with van der Waals surface area (Å²) in [7, 11) is -4.17. The van der Waals surface area contributed by atoms with Gasteiger partial charge in [0.15, 0.2) is 0 Å². The molecule has 0 saturated heterocycles. The maximum atomic E-state index is 12.5. The molecule has 0 atom stereocenters. The van der Waals surface area contributed by atoms with Crippen LogP contribution in [-0.2, 0) is 38.7 Å². The summed E-state index contributed by atoms with van der Waals surface area (Å²) in [5, 5.41) is 0. The first kappa shape index (κ1) is 29.0. The van der Waals surface area contributed by atoms with Crippen molar-refractivity contribution in [3.05, 3.63) is 24.3 Å². The molecule has 0 aliphatic heterocycles. The van der Waals surface area contributed by atoms with Crippen molar-refractivity contribution in [2.24, 2.45) is 5.41 Å². The Hall–Kier alpha value is -1.20. The number of hydrogen-bond donors (Lipinski definition) is 1. The molecule has 11 heteroatoms. The van der Waals surface area contributed by atoms with E-state index in [9.17, 15) is 22.8 Å². The standard InChI is InChI=1S/C17H26O9S.Na.H/c1-6-17(10-25-14(18)12(2)3,11-26-15(19)13(4)5)16(20)24-8-7-9-27(21,22)23;;/h2,4,6-11H2,1,3,5H3,(H,21,22,23);;/q;+1;-1. The predicted molar refractivity (Wildman–Crippen MR) is 97.4 cm³/mol. The molecule has 0 aliphatic rings. The molecule has 0 fully saturated rings. The van der Waals surface area contributed by atoms with Gasteiger partial charge < -0.3 is 15.6 Å². The smallest absolute Gasteiger partial charge is 1.00 e. The van der Waals surface area contributed by atoms with Crippen LogP contribution in [0, 0.1) is 5.41 Å². The summed E-state index contributed by atoms with van der Waals surface area (Å²) in [5.74, 6) is -2.85. The third-order valence-corrected chi connectivity index (χ3v) is 4.35. The van der Waals surface area contributed by atoms with Gasteiger partial charge in [-0.15, -0.1) is 0 Å². The van der Waals surface area contributed by atoms with Crippen molar-refractivity contribution in [2.45, 2.75) is 33.6 Å². The van der Waals surface area contributed by atoms with E-state index in [1.807, 2.05) is 0 Å². The quantitative estimate of drug-likeness (QED) is 0.0986. The minimum absolute atomic E-state index is 0. The van der Waals surface area contributed by atoms with Crippen LogP contribution in [0.15, 0.2) is 24.3 Å². The Morgan fingerprint density at radius 1 is 1.00 bits per heavy atom. The number of ether oxygens (including phenoxy) is 3. The van der Waals surface area contributed by atoms with E-state index in [-0.39, 0.29) is 61.6 Å². The Morgan fingerprint density at radius 2 is 1.43 bits per heavy atom. The van der Waals surface area contributed by atoms with E-state index in [0.29, 0.717) is 0 Å². The van der Waals surface area contributed by atoms with Gasteiger partial charge >= 0.3 is 47.5 Å². The Balaban J connectivity index is -0.00000338. The van der Waals surface area contributed by atoms with Crippen molar-refractivity contribution in [2.75, 3.05) is 25.6 Å². The summed E-state index contributed by atoms with van der Waals surface area (Å²) in [6, 6.07) is 0. The summed E-state index contributed by atoms with van der Waals surface area (Å²) < 4.78 is 45.2. The average Bonchev–Trinajstić information content (AvgIpc) is 2.57. The minimum Gasteiger partial charge on any atom is -1.00 e. The summed E-state index contributed by atoms with van der Waals surface area (Å²) in [6.07, 6.45) is -0.0153. The van der Waals surface area contributed by atoms with Crippen LogP contribution in [0.2, 0.25) is 0 Å². The van der Waals surface area contributed by atoms with Crippen LogP contribution in [-0.4, -0.2) is 56.5 Å². The molecular formula is C17H27NaO9S. The second-order valence-electron chi connectivity index (χ2n) is 6.12. The number of hydrogen-bond acceptors (Lipinski definition) is 8. The van der Waals surface area contributed by atoms with Gasteiger partial charge in [0, 0.05) is 11.1 Å². The van der Waals surface area contributed by atoms with E-state index >= 15 is 0 Å². The fourth-order valence-electron chi connectivity index (χ4n) is 1.72. The molecule has 0 unspecified atom stereocenters. The van der Waals surface area contributed by atoms with Crippen molar-refractivity contribution in [1.29, 1.82) is 0 Å². The Bertz CT molecular complexity index is 674. The van der Waals surface area contributed by atoms with E-state index in [1.165, 1.54) is 13.8 Å². The first-order valence-corrected chi connectivity index (χ1v) is 9.73. The molecule has 9 nitrogen and oxygen atoms in total. The second-order valence-corrected chi connectivity index (χ2v) is 7.69. The normalized spacial score (nSPS) is 11.0. The Morgan fingerprint density at radius 3 is 1.75 bits per heavy atom. The number of rotatable bonds is 12. The largest absolute Gasteiger partial charge is 1.00 e. The molecule has 0 saturated carbocycles. The average molecular weight is 430 g/mol. The van der Waals surface area contributed by atoms with Crippen LogP contribution in [0.1, 0.15) is 35.0 Å². The molecule has 0 spiro atoms. The van der Waals surface area contributed by atoms with Gasteiger partial charge in [0.25, 0.3) is 10.1 Å². The van der Waals surface area contributed by atoms with Gasteiger partial charge in [-0.3, -0.25) is 9.35 Å². The van der Waals surface area contributed by atoms with Gasteiger partial charge in [0.05, 0.1) is 12.4 Å². The molecule has 0 rings (SSSR count). The molecule has 0 aromatic rings. The van der Waals surface area contributed by atoms with Crippen molar-refractivity contribution in [3.63, 3.8) is 0 Å². The molecule has 0 amide bonds. The number of esters is 3. The van der Waals surface area contributed by atoms with E-state index in [2.05, 4.69) is 13.2 Å². The fourth-order valence-corrected chi connectivity index (χ4v) is 2.20. The third kappa shape index (κ3) is 11.0. The summed E-state index contributed by atoms with van der Waals surface area (Å²) >= 11 is 0. The van der Waals surface area contributed by atoms with Gasteiger partial charge in [-0.25, -0.2) is 9.59 Å². The molecule has 1 N–H and O–H groups in total. The van der Waals surface area contributed by atoms with Crippen molar-refractivity contribution >= 4 is 28.0 Å². The van der Waals surface area contributed by atoms with Gasteiger partial charge in [-0.2, -0.15) is 8.42 Å². The maximum absolute atomic E-state index is 12.5. The van der Waals surface area contributed by atoms with Gasteiger partial charge in [0.2, 0.25) is 0 Å². The second kappa shape index (κ2) is 13.1. The SMILES string of the molecule is C=C(C)C(=O)OCC(CC)(COC(=O)C(=C)C)C(=O)OCCCS(=O)(=O)O.[H-].[Na+]. The minimum atomic E-state index is -4.17. The maximum Gasteiger partial charge on any atom is 1.00 e. The summed E-state index contributed by atoms with van der Waals surface area (Å²) in [6.45, 7) is 10.2. The zero-order valence-electron chi connectivity index (χ0n) is 17.8. The van der Waals surface area contributed by atoms with E-state index in [1.54, 1.807) is 6.92 Å². The van der Waals surface area contributed by atoms with E-state index in [0.717, 1.165) is 0 Å². The van der Waals surface area contributed by atoms with Crippen LogP contribution in [0.25, 0.3) is 0 Å². The van der Waals surface area contributed by atoms with Crippen LogP contribution in [0.5, 0.6) is 0 Å². The molecule has 0 aromatic heterocycles. The van der Waals surface area contributed by atoms with Gasteiger partial charge in [-0.1, -0.05) is 20.1 Å². The Labute approximate surface area is 189 Å². The van der Waals surface area contributed by atoms with Crippen LogP contribution in [0.3, 0.4) is 0 Å². The zero-order valence-corrected chi connectivity index (χ0v) is 19.6. The van der Waals surface area contributed by atoms with Crippen molar-refractivity contribution < 1.29 is 72.5 Å². The molecule has 0 aromatic carbocycles. The van der Waals surface area contributed by atoms with Gasteiger partial charge in [-0.05, 0) is 26.7 Å². The Kier molecular flexibility index (Phi) is 13.6. The van der Waals surface area contributed by atoms with Crippen molar-refractivity contribution in [3.8, 4) is 0 Å². The van der Waals surface area contributed by atoms with E-state index in [4.69, 9.17) is 18.8 Å². The molecular weight excluding hydrogens is 403 g/mol. The van der Waals surface area contributed by atoms with Crippen LogP contribution in [0.4, 0.5) is 0 Å². The molecule has 28 heavy (non-hydrogen) atoms. The summed E-state index contributed by atoms with van der Waals surface area (Å²) in [5.41, 5.74) is -1.23. The van der Waals surface area contributed by atoms with E-state index < -0.39 is 52.4 Å². The number of carbonyl (C=O) groups excluding carboxylic acids is 3. The topological polar surface area (TPSA) is 133 Å². The van der Waals surface area contributed by atoms with Gasteiger partial charge in [0.1, 0.15) is 18.6 Å². The first-order chi connectivity index (χ1) is 12.3. The zero-order chi connectivity index (χ0) is 21.3. The molecule has 0 radical (unpaired) electrons. The van der Waals surface area contributed by atoms with Crippen LogP contribution >= 0.6 is 0 Å².